The normalized spacial score (nSPS) is 13.7. The van der Waals surface area contributed by atoms with Crippen molar-refractivity contribution in [3.05, 3.63) is 83.4 Å². The predicted octanol–water partition coefficient (Wildman–Crippen LogP) is 4.27. The van der Waals surface area contributed by atoms with Crippen LogP contribution in [-0.2, 0) is 5.41 Å². The van der Waals surface area contributed by atoms with Gasteiger partial charge in [-0.25, -0.2) is 9.67 Å². The summed E-state index contributed by atoms with van der Waals surface area (Å²) in [6.07, 6.45) is 4.16. The minimum Gasteiger partial charge on any atom is -0.386 e. The molecular weight excluding hydrogens is 334 g/mol. The summed E-state index contributed by atoms with van der Waals surface area (Å²) in [6.45, 7) is 4.03. The Morgan fingerprint density at radius 2 is 1.80 bits per heavy atom. The molecule has 0 amide bonds. The molecule has 0 fully saturated rings. The summed E-state index contributed by atoms with van der Waals surface area (Å²) in [6, 6.07) is 17.4. The average Bonchev–Trinajstić information content (AvgIpc) is 3.16. The third kappa shape index (κ3) is 3.81. The highest BCUT2D eigenvalue weighted by atomic mass is 35.5. The van der Waals surface area contributed by atoms with Crippen LogP contribution in [0.3, 0.4) is 0 Å². The van der Waals surface area contributed by atoms with Gasteiger partial charge < -0.3 is 5.11 Å². The minimum absolute atomic E-state index is 0.508. The molecule has 1 N–H and O–H groups in total. The number of aromatic nitrogens is 3. The summed E-state index contributed by atoms with van der Waals surface area (Å²) >= 11 is 5.97. The standard InChI is InChI=1S/C20H20ClN3O/c1-20(2,16-6-4-3-5-7-16)19(25)18(24-14-22-13-23-24)12-15-8-10-17(21)11-9-15/h3-14,19,25H,1-2H3. The van der Waals surface area contributed by atoms with Crippen LogP contribution in [-0.4, -0.2) is 26.0 Å². The highest BCUT2D eigenvalue weighted by Crippen LogP contribution is 2.33. The van der Waals surface area contributed by atoms with Crippen LogP contribution in [0.25, 0.3) is 11.8 Å². The Balaban J connectivity index is 2.04. The number of aliphatic hydroxyl groups is 1. The molecule has 25 heavy (non-hydrogen) atoms. The molecule has 0 aliphatic heterocycles. The van der Waals surface area contributed by atoms with Gasteiger partial charge in [0.1, 0.15) is 18.8 Å². The fraction of sp³-hybridized carbons (Fsp3) is 0.200. The van der Waals surface area contributed by atoms with E-state index < -0.39 is 11.5 Å². The maximum absolute atomic E-state index is 11.2. The van der Waals surface area contributed by atoms with E-state index in [0.29, 0.717) is 10.7 Å². The maximum Gasteiger partial charge on any atom is 0.138 e. The third-order valence-corrected chi connectivity index (χ3v) is 4.60. The van der Waals surface area contributed by atoms with Crippen LogP contribution >= 0.6 is 11.6 Å². The van der Waals surface area contributed by atoms with E-state index in [4.69, 9.17) is 11.6 Å². The van der Waals surface area contributed by atoms with E-state index in [1.54, 1.807) is 11.0 Å². The zero-order chi connectivity index (χ0) is 17.9. The molecule has 3 aromatic rings. The van der Waals surface area contributed by atoms with Gasteiger partial charge in [-0.15, -0.1) is 0 Å². The van der Waals surface area contributed by atoms with Crippen LogP contribution in [0, 0.1) is 0 Å². The van der Waals surface area contributed by atoms with Gasteiger partial charge in [0, 0.05) is 10.4 Å². The Morgan fingerprint density at radius 3 is 2.40 bits per heavy atom. The first-order chi connectivity index (χ1) is 12.0. The lowest BCUT2D eigenvalue weighted by Crippen LogP contribution is -2.36. The van der Waals surface area contributed by atoms with Gasteiger partial charge in [0.25, 0.3) is 0 Å². The first kappa shape index (κ1) is 17.4. The smallest absolute Gasteiger partial charge is 0.138 e. The van der Waals surface area contributed by atoms with Gasteiger partial charge in [-0.1, -0.05) is 67.9 Å². The van der Waals surface area contributed by atoms with Crippen molar-refractivity contribution in [2.75, 3.05) is 0 Å². The zero-order valence-electron chi connectivity index (χ0n) is 14.2. The van der Waals surface area contributed by atoms with E-state index in [0.717, 1.165) is 11.1 Å². The van der Waals surface area contributed by atoms with Gasteiger partial charge in [0.15, 0.2) is 0 Å². The summed E-state index contributed by atoms with van der Waals surface area (Å²) < 4.78 is 1.60. The summed E-state index contributed by atoms with van der Waals surface area (Å²) in [4.78, 5) is 4.01. The molecule has 128 valence electrons. The topological polar surface area (TPSA) is 50.9 Å². The molecule has 1 heterocycles. The Labute approximate surface area is 152 Å². The van der Waals surface area contributed by atoms with Crippen molar-refractivity contribution in [1.82, 2.24) is 14.8 Å². The van der Waals surface area contributed by atoms with E-state index in [1.165, 1.54) is 6.33 Å². The summed E-state index contributed by atoms with van der Waals surface area (Å²) in [7, 11) is 0. The Bertz CT molecular complexity index is 840. The summed E-state index contributed by atoms with van der Waals surface area (Å²) in [5.74, 6) is 0. The van der Waals surface area contributed by atoms with Crippen LogP contribution in [0.5, 0.6) is 0 Å². The molecule has 0 radical (unpaired) electrons. The lowest BCUT2D eigenvalue weighted by atomic mass is 9.78. The molecule has 0 bridgehead atoms. The minimum atomic E-state index is -0.785. The predicted molar refractivity (Wildman–Crippen MR) is 101 cm³/mol. The van der Waals surface area contributed by atoms with Crippen molar-refractivity contribution in [2.45, 2.75) is 25.4 Å². The van der Waals surface area contributed by atoms with E-state index in [2.05, 4.69) is 10.1 Å². The lowest BCUT2D eigenvalue weighted by Gasteiger charge is -2.32. The molecule has 5 heteroatoms. The van der Waals surface area contributed by atoms with Crippen LogP contribution in [0.4, 0.5) is 0 Å². The monoisotopic (exact) mass is 353 g/mol. The molecule has 1 aromatic heterocycles. The number of aliphatic hydroxyl groups excluding tert-OH is 1. The molecular formula is C20H20ClN3O. The highest BCUT2D eigenvalue weighted by molar-refractivity contribution is 6.30. The fourth-order valence-corrected chi connectivity index (χ4v) is 2.86. The highest BCUT2D eigenvalue weighted by Gasteiger charge is 2.33. The van der Waals surface area contributed by atoms with E-state index in [1.807, 2.05) is 74.5 Å². The van der Waals surface area contributed by atoms with Crippen molar-refractivity contribution < 1.29 is 5.11 Å². The van der Waals surface area contributed by atoms with Gasteiger partial charge in [-0.05, 0) is 29.3 Å². The van der Waals surface area contributed by atoms with Crippen molar-refractivity contribution in [2.24, 2.45) is 0 Å². The van der Waals surface area contributed by atoms with Gasteiger partial charge >= 0.3 is 0 Å². The fourth-order valence-electron chi connectivity index (χ4n) is 2.74. The SMILES string of the molecule is CC(C)(c1ccccc1)C(O)C(=Cc1ccc(Cl)cc1)n1cncn1. The molecule has 0 aliphatic rings. The van der Waals surface area contributed by atoms with Gasteiger partial charge in [0.05, 0.1) is 5.70 Å². The molecule has 2 aromatic carbocycles. The van der Waals surface area contributed by atoms with Crippen LogP contribution in [0.1, 0.15) is 25.0 Å². The quantitative estimate of drug-likeness (QED) is 0.745. The number of halogens is 1. The molecule has 1 unspecified atom stereocenters. The van der Waals surface area contributed by atoms with Crippen LogP contribution in [0.15, 0.2) is 67.3 Å². The number of nitrogens with zero attached hydrogens (tertiary/aromatic N) is 3. The average molecular weight is 354 g/mol. The second-order valence-corrected chi connectivity index (χ2v) is 6.89. The number of benzene rings is 2. The van der Waals surface area contributed by atoms with Crippen molar-refractivity contribution >= 4 is 23.4 Å². The first-order valence-corrected chi connectivity index (χ1v) is 8.42. The number of hydrogen-bond acceptors (Lipinski definition) is 3. The zero-order valence-corrected chi connectivity index (χ0v) is 14.9. The molecule has 0 saturated heterocycles. The maximum atomic E-state index is 11.2. The van der Waals surface area contributed by atoms with Gasteiger partial charge in [-0.2, -0.15) is 5.10 Å². The largest absolute Gasteiger partial charge is 0.386 e. The Kier molecular flexibility index (Phi) is 5.02. The molecule has 0 aliphatic carbocycles. The molecule has 1 atom stereocenters. The van der Waals surface area contributed by atoms with Crippen molar-refractivity contribution in [3.63, 3.8) is 0 Å². The summed E-state index contributed by atoms with van der Waals surface area (Å²) in [5.41, 5.74) is 2.11. The van der Waals surface area contributed by atoms with E-state index in [-0.39, 0.29) is 0 Å². The molecule has 4 nitrogen and oxygen atoms in total. The lowest BCUT2D eigenvalue weighted by molar-refractivity contribution is 0.148. The van der Waals surface area contributed by atoms with E-state index >= 15 is 0 Å². The van der Waals surface area contributed by atoms with Gasteiger partial charge in [-0.3, -0.25) is 0 Å². The summed E-state index contributed by atoms with van der Waals surface area (Å²) in [5, 5.41) is 16.1. The van der Waals surface area contributed by atoms with Crippen LogP contribution in [0.2, 0.25) is 5.02 Å². The van der Waals surface area contributed by atoms with E-state index in [9.17, 15) is 5.11 Å². The van der Waals surface area contributed by atoms with Crippen molar-refractivity contribution in [3.8, 4) is 0 Å². The molecule has 0 saturated carbocycles. The van der Waals surface area contributed by atoms with Crippen LogP contribution < -0.4 is 0 Å². The first-order valence-electron chi connectivity index (χ1n) is 8.04. The second-order valence-electron chi connectivity index (χ2n) is 6.45. The Hall–Kier alpha value is -2.43. The second kappa shape index (κ2) is 7.21. The third-order valence-electron chi connectivity index (χ3n) is 4.35. The van der Waals surface area contributed by atoms with Crippen molar-refractivity contribution in [1.29, 1.82) is 0 Å². The molecule has 0 spiro atoms. The Morgan fingerprint density at radius 1 is 1.12 bits per heavy atom. The number of rotatable bonds is 5. The number of hydrogen-bond donors (Lipinski definition) is 1. The van der Waals surface area contributed by atoms with Gasteiger partial charge in [0.2, 0.25) is 0 Å². The molecule has 3 rings (SSSR count).